The zero-order chi connectivity index (χ0) is 15.7. The molecule has 112 valence electrons. The smallest absolute Gasteiger partial charge is 0.283 e. The Labute approximate surface area is 133 Å². The highest BCUT2D eigenvalue weighted by Gasteiger charge is 2.20. The van der Waals surface area contributed by atoms with E-state index >= 15 is 0 Å². The molecule has 0 atom stereocenters. The van der Waals surface area contributed by atoms with Crippen LogP contribution in [-0.4, -0.2) is 17.6 Å². The molecule has 0 spiro atoms. The van der Waals surface area contributed by atoms with E-state index < -0.39 is 10.0 Å². The molecule has 0 aliphatic carbocycles. The van der Waals surface area contributed by atoms with Gasteiger partial charge in [0, 0.05) is 10.6 Å². The van der Waals surface area contributed by atoms with E-state index in [4.69, 9.17) is 17.3 Å². The molecule has 2 N–H and O–H groups in total. The van der Waals surface area contributed by atoms with E-state index in [1.165, 1.54) is 30.5 Å². The number of benzene rings is 2. The second-order valence-corrected chi connectivity index (χ2v) is 6.86. The molecule has 0 fully saturated rings. The molecule has 0 bridgehead atoms. The second kappa shape index (κ2) is 5.47. The first-order chi connectivity index (χ1) is 10.5. The Hall–Kier alpha value is -2.31. The van der Waals surface area contributed by atoms with Crippen molar-refractivity contribution in [2.75, 3.05) is 5.73 Å². The minimum absolute atomic E-state index is 0.0963. The molecular formula is C15H12ClN3O2S. The van der Waals surface area contributed by atoms with Gasteiger partial charge in [-0.1, -0.05) is 41.9 Å². The number of hydrogen-bond donors (Lipinski definition) is 1. The van der Waals surface area contributed by atoms with Crippen molar-refractivity contribution in [3.63, 3.8) is 0 Å². The van der Waals surface area contributed by atoms with Crippen LogP contribution in [0, 0.1) is 0 Å². The van der Waals surface area contributed by atoms with Crippen LogP contribution in [0.5, 0.6) is 0 Å². The first kappa shape index (κ1) is 14.6. The monoisotopic (exact) mass is 333 g/mol. The predicted octanol–water partition coefficient (Wildman–Crippen LogP) is 3.02. The van der Waals surface area contributed by atoms with Gasteiger partial charge < -0.3 is 5.73 Å². The summed E-state index contributed by atoms with van der Waals surface area (Å²) < 4.78 is 26.0. The minimum atomic E-state index is -3.80. The number of rotatable bonds is 3. The highest BCUT2D eigenvalue weighted by atomic mass is 35.5. The maximum atomic E-state index is 12.5. The number of halogens is 1. The molecule has 0 saturated heterocycles. The van der Waals surface area contributed by atoms with Gasteiger partial charge in [-0.15, -0.1) is 5.10 Å². The summed E-state index contributed by atoms with van der Waals surface area (Å²) in [5, 5.41) is 4.39. The number of nitrogen functional groups attached to an aromatic ring is 1. The van der Waals surface area contributed by atoms with E-state index in [0.717, 1.165) is 9.65 Å². The normalized spacial score (nSPS) is 11.5. The van der Waals surface area contributed by atoms with Crippen LogP contribution < -0.4 is 5.73 Å². The molecular weight excluding hydrogens is 322 g/mol. The average molecular weight is 334 g/mol. The molecule has 0 unspecified atom stereocenters. The Kier molecular flexibility index (Phi) is 3.64. The third-order valence-electron chi connectivity index (χ3n) is 3.16. The van der Waals surface area contributed by atoms with Gasteiger partial charge in [-0.25, -0.2) is 0 Å². The molecule has 1 heterocycles. The number of hydrogen-bond acceptors (Lipinski definition) is 4. The summed E-state index contributed by atoms with van der Waals surface area (Å²) in [5.41, 5.74) is 7.23. The highest BCUT2D eigenvalue weighted by molar-refractivity contribution is 7.89. The first-order valence-electron chi connectivity index (χ1n) is 6.40. The van der Waals surface area contributed by atoms with Gasteiger partial charge in [-0.3, -0.25) is 0 Å². The van der Waals surface area contributed by atoms with Crippen molar-refractivity contribution < 1.29 is 8.42 Å². The summed E-state index contributed by atoms with van der Waals surface area (Å²) in [6, 6.07) is 15.1. The molecule has 0 aliphatic rings. The van der Waals surface area contributed by atoms with Gasteiger partial charge in [0.1, 0.15) is 0 Å². The topological polar surface area (TPSA) is 78.0 Å². The van der Waals surface area contributed by atoms with Crippen molar-refractivity contribution in [1.29, 1.82) is 0 Å². The molecule has 7 heteroatoms. The fourth-order valence-electron chi connectivity index (χ4n) is 2.04. The highest BCUT2D eigenvalue weighted by Crippen LogP contribution is 2.26. The molecule has 5 nitrogen and oxygen atoms in total. The summed E-state index contributed by atoms with van der Waals surface area (Å²) >= 11 is 5.78. The standard InChI is InChI=1S/C15H12ClN3O2S/c16-12-6-8-13(9-7-12)22(20,21)19-10-14(15(17)18-19)11-4-2-1-3-5-11/h1-10H,(H2,17,18). The number of anilines is 1. The van der Waals surface area contributed by atoms with Gasteiger partial charge in [0.2, 0.25) is 0 Å². The number of nitrogens with zero attached hydrogens (tertiary/aromatic N) is 2. The number of nitrogens with two attached hydrogens (primary N) is 1. The Bertz CT molecular complexity index is 904. The molecule has 22 heavy (non-hydrogen) atoms. The molecule has 3 aromatic rings. The van der Waals surface area contributed by atoms with Gasteiger partial charge >= 0.3 is 0 Å². The Morgan fingerprint density at radius 2 is 1.64 bits per heavy atom. The van der Waals surface area contributed by atoms with Crippen LogP contribution in [0.4, 0.5) is 5.82 Å². The van der Waals surface area contributed by atoms with E-state index in [2.05, 4.69) is 5.10 Å². The quantitative estimate of drug-likeness (QED) is 0.799. The van der Waals surface area contributed by atoms with Crippen molar-refractivity contribution in [1.82, 2.24) is 9.19 Å². The summed E-state index contributed by atoms with van der Waals surface area (Å²) in [6.45, 7) is 0. The van der Waals surface area contributed by atoms with Gasteiger partial charge in [-0.05, 0) is 29.8 Å². The lowest BCUT2D eigenvalue weighted by atomic mass is 10.1. The third-order valence-corrected chi connectivity index (χ3v) is 4.96. The largest absolute Gasteiger partial charge is 0.382 e. The van der Waals surface area contributed by atoms with E-state index in [1.54, 1.807) is 0 Å². The lowest BCUT2D eigenvalue weighted by molar-refractivity contribution is 0.580. The van der Waals surface area contributed by atoms with Crippen LogP contribution >= 0.6 is 11.6 Å². The maximum absolute atomic E-state index is 12.5. The van der Waals surface area contributed by atoms with Crippen LogP contribution in [0.25, 0.3) is 11.1 Å². The fraction of sp³-hybridized carbons (Fsp3) is 0. The van der Waals surface area contributed by atoms with Gasteiger partial charge in [0.25, 0.3) is 10.0 Å². The van der Waals surface area contributed by atoms with E-state index in [0.29, 0.717) is 10.6 Å². The lowest BCUT2D eigenvalue weighted by Gasteiger charge is -2.03. The van der Waals surface area contributed by atoms with E-state index in [-0.39, 0.29) is 10.7 Å². The summed E-state index contributed by atoms with van der Waals surface area (Å²) in [7, 11) is -3.80. The third kappa shape index (κ3) is 2.58. The average Bonchev–Trinajstić information content (AvgIpc) is 2.91. The molecule has 0 radical (unpaired) electrons. The summed E-state index contributed by atoms with van der Waals surface area (Å²) in [6.07, 6.45) is 1.41. The SMILES string of the molecule is Nc1nn(S(=O)(=O)c2ccc(Cl)cc2)cc1-c1ccccc1. The zero-order valence-electron chi connectivity index (χ0n) is 11.3. The molecule has 0 amide bonds. The van der Waals surface area contributed by atoms with Crippen molar-refractivity contribution in [3.05, 3.63) is 65.8 Å². The zero-order valence-corrected chi connectivity index (χ0v) is 12.9. The molecule has 2 aromatic carbocycles. The molecule has 3 rings (SSSR count). The van der Waals surface area contributed by atoms with E-state index in [1.807, 2.05) is 30.3 Å². The Morgan fingerprint density at radius 1 is 1.00 bits per heavy atom. The fourth-order valence-corrected chi connectivity index (χ4v) is 3.30. The molecule has 1 aromatic heterocycles. The van der Waals surface area contributed by atoms with Crippen molar-refractivity contribution in [2.45, 2.75) is 4.90 Å². The van der Waals surface area contributed by atoms with Crippen molar-refractivity contribution in [3.8, 4) is 11.1 Å². The van der Waals surface area contributed by atoms with Crippen LogP contribution in [0.15, 0.2) is 65.7 Å². The van der Waals surface area contributed by atoms with Crippen molar-refractivity contribution in [2.24, 2.45) is 0 Å². The first-order valence-corrected chi connectivity index (χ1v) is 8.22. The van der Waals surface area contributed by atoms with Gasteiger partial charge in [-0.2, -0.15) is 12.5 Å². The van der Waals surface area contributed by atoms with E-state index in [9.17, 15) is 8.42 Å². The van der Waals surface area contributed by atoms with Crippen LogP contribution in [0.3, 0.4) is 0 Å². The summed E-state index contributed by atoms with van der Waals surface area (Å²) in [4.78, 5) is 0.0963. The maximum Gasteiger partial charge on any atom is 0.283 e. The van der Waals surface area contributed by atoms with Crippen LogP contribution in [-0.2, 0) is 10.0 Å². The number of aromatic nitrogens is 2. The lowest BCUT2D eigenvalue weighted by Crippen LogP contribution is -2.13. The molecule has 0 aliphatic heterocycles. The minimum Gasteiger partial charge on any atom is -0.382 e. The second-order valence-electron chi connectivity index (χ2n) is 4.63. The summed E-state index contributed by atoms with van der Waals surface area (Å²) in [5.74, 6) is 0.156. The Balaban J connectivity index is 2.08. The van der Waals surface area contributed by atoms with Crippen LogP contribution in [0.2, 0.25) is 5.02 Å². The molecule has 0 saturated carbocycles. The Morgan fingerprint density at radius 3 is 2.27 bits per heavy atom. The predicted molar refractivity (Wildman–Crippen MR) is 86.1 cm³/mol. The van der Waals surface area contributed by atoms with Gasteiger partial charge in [0.05, 0.1) is 11.1 Å². The van der Waals surface area contributed by atoms with Crippen LogP contribution in [0.1, 0.15) is 0 Å². The van der Waals surface area contributed by atoms with Gasteiger partial charge in [0.15, 0.2) is 5.82 Å². The van der Waals surface area contributed by atoms with Crippen molar-refractivity contribution >= 4 is 27.4 Å².